The van der Waals surface area contributed by atoms with E-state index in [9.17, 15) is 10.1 Å². The third kappa shape index (κ3) is 5.00. The summed E-state index contributed by atoms with van der Waals surface area (Å²) in [5, 5.41) is 13.1. The van der Waals surface area contributed by atoms with Gasteiger partial charge in [0.15, 0.2) is 0 Å². The fourth-order valence-corrected chi connectivity index (χ4v) is 4.30. The van der Waals surface area contributed by atoms with E-state index >= 15 is 0 Å². The largest absolute Gasteiger partial charge is 0.360 e. The predicted octanol–water partition coefficient (Wildman–Crippen LogP) is 3.22. The summed E-state index contributed by atoms with van der Waals surface area (Å²) in [5.74, 6) is 0.634. The Morgan fingerprint density at radius 2 is 1.91 bits per heavy atom. The summed E-state index contributed by atoms with van der Waals surface area (Å²) in [6.45, 7) is 4.34. The molecule has 0 spiro atoms. The van der Waals surface area contributed by atoms with E-state index in [1.807, 2.05) is 48.5 Å². The number of hydrogen-bond donors (Lipinski definition) is 2. The van der Waals surface area contributed by atoms with Crippen LogP contribution in [0.4, 0.5) is 5.95 Å². The minimum atomic E-state index is -0.113. The second-order valence-corrected chi connectivity index (χ2v) is 8.81. The summed E-state index contributed by atoms with van der Waals surface area (Å²) >= 11 is 0. The number of fused-ring (bicyclic) bond motifs is 1. The Morgan fingerprint density at radius 3 is 2.69 bits per heavy atom. The maximum Gasteiger partial charge on any atom is 0.251 e. The van der Waals surface area contributed by atoms with Crippen LogP contribution in [0, 0.1) is 11.3 Å². The molecule has 0 saturated carbocycles. The normalized spacial score (nSPS) is 14.1. The number of amides is 1. The van der Waals surface area contributed by atoms with Crippen LogP contribution in [0.15, 0.2) is 60.9 Å². The standard InChI is InChI=1S/C27H27N7O/c1-33-12-14-34(15-13-33)27-30-11-9-24(32-27)20-3-5-21(6-4-20)26(35)29-10-8-19-2-7-25-23(16-19)22(17-28)18-31-25/h2-7,9,11,16,18,31H,8,10,12-15H2,1H3,(H,29,35). The van der Waals surface area contributed by atoms with E-state index in [2.05, 4.69) is 38.2 Å². The molecule has 0 atom stereocenters. The molecule has 2 aromatic heterocycles. The molecule has 35 heavy (non-hydrogen) atoms. The Balaban J connectivity index is 1.19. The van der Waals surface area contributed by atoms with Crippen LogP contribution in [0.1, 0.15) is 21.5 Å². The Hall–Kier alpha value is -4.22. The maximum absolute atomic E-state index is 12.6. The van der Waals surface area contributed by atoms with Gasteiger partial charge in [-0.15, -0.1) is 0 Å². The van der Waals surface area contributed by atoms with Crippen LogP contribution in [0.2, 0.25) is 0 Å². The first-order valence-electron chi connectivity index (χ1n) is 11.8. The van der Waals surface area contributed by atoms with E-state index in [4.69, 9.17) is 4.98 Å². The van der Waals surface area contributed by atoms with E-state index in [0.717, 1.165) is 59.9 Å². The van der Waals surface area contributed by atoms with Gasteiger partial charge in [0.05, 0.1) is 11.3 Å². The average molecular weight is 466 g/mol. The van der Waals surface area contributed by atoms with Crippen LogP contribution < -0.4 is 10.2 Å². The number of nitrogens with zero attached hydrogens (tertiary/aromatic N) is 5. The molecule has 1 aliphatic rings. The van der Waals surface area contributed by atoms with E-state index in [-0.39, 0.29) is 5.91 Å². The molecule has 4 aromatic rings. The molecule has 2 N–H and O–H groups in total. The van der Waals surface area contributed by atoms with Gasteiger partial charge in [-0.05, 0) is 49.4 Å². The summed E-state index contributed by atoms with van der Waals surface area (Å²) in [7, 11) is 2.12. The van der Waals surface area contributed by atoms with Crippen LogP contribution in [0.3, 0.4) is 0 Å². The lowest BCUT2D eigenvalue weighted by molar-refractivity contribution is 0.0954. The Kier molecular flexibility index (Phi) is 6.42. The summed E-state index contributed by atoms with van der Waals surface area (Å²) in [6.07, 6.45) is 4.20. The lowest BCUT2D eigenvalue weighted by atomic mass is 10.1. The molecule has 2 aromatic carbocycles. The third-order valence-corrected chi connectivity index (χ3v) is 6.44. The molecule has 3 heterocycles. The van der Waals surface area contributed by atoms with Crippen molar-refractivity contribution >= 4 is 22.8 Å². The molecule has 8 nitrogen and oxygen atoms in total. The van der Waals surface area contributed by atoms with Gasteiger partial charge in [0.25, 0.3) is 5.91 Å². The number of H-pyrrole nitrogens is 1. The zero-order valence-corrected chi connectivity index (χ0v) is 19.7. The van der Waals surface area contributed by atoms with Crippen LogP contribution in [-0.4, -0.2) is 65.5 Å². The SMILES string of the molecule is CN1CCN(c2nccc(-c3ccc(C(=O)NCCc4ccc5[nH]cc(C#N)c5c4)cc3)n2)CC1. The van der Waals surface area contributed by atoms with Gasteiger partial charge < -0.3 is 20.1 Å². The fraction of sp³-hybridized carbons (Fsp3) is 0.259. The van der Waals surface area contributed by atoms with Crippen molar-refractivity contribution in [3.8, 4) is 17.3 Å². The third-order valence-electron chi connectivity index (χ3n) is 6.44. The lowest BCUT2D eigenvalue weighted by Gasteiger charge is -2.32. The van der Waals surface area contributed by atoms with E-state index < -0.39 is 0 Å². The van der Waals surface area contributed by atoms with Crippen molar-refractivity contribution in [2.75, 3.05) is 44.7 Å². The minimum absolute atomic E-state index is 0.113. The smallest absolute Gasteiger partial charge is 0.251 e. The molecular formula is C27H27N7O. The van der Waals surface area contributed by atoms with Crippen LogP contribution >= 0.6 is 0 Å². The highest BCUT2D eigenvalue weighted by atomic mass is 16.1. The lowest BCUT2D eigenvalue weighted by Crippen LogP contribution is -2.45. The number of nitriles is 1. The van der Waals surface area contributed by atoms with Gasteiger partial charge in [0, 0.05) is 67.1 Å². The van der Waals surface area contributed by atoms with Crippen molar-refractivity contribution in [2.45, 2.75) is 6.42 Å². The Morgan fingerprint density at radius 1 is 1.11 bits per heavy atom. The van der Waals surface area contributed by atoms with Crippen LogP contribution in [0.5, 0.6) is 0 Å². The highest BCUT2D eigenvalue weighted by Crippen LogP contribution is 2.21. The van der Waals surface area contributed by atoms with Gasteiger partial charge in [-0.25, -0.2) is 9.97 Å². The van der Waals surface area contributed by atoms with Gasteiger partial charge in [0.1, 0.15) is 6.07 Å². The number of anilines is 1. The Labute approximate surface area is 204 Å². The highest BCUT2D eigenvalue weighted by Gasteiger charge is 2.17. The van der Waals surface area contributed by atoms with Crippen molar-refractivity contribution in [1.82, 2.24) is 25.2 Å². The second-order valence-electron chi connectivity index (χ2n) is 8.81. The zero-order chi connectivity index (χ0) is 24.2. The minimum Gasteiger partial charge on any atom is -0.360 e. The van der Waals surface area contributed by atoms with Crippen molar-refractivity contribution in [1.29, 1.82) is 5.26 Å². The van der Waals surface area contributed by atoms with Crippen LogP contribution in [-0.2, 0) is 6.42 Å². The van der Waals surface area contributed by atoms with Gasteiger partial charge in [-0.2, -0.15) is 5.26 Å². The second kappa shape index (κ2) is 9.95. The van der Waals surface area contributed by atoms with Crippen molar-refractivity contribution in [3.63, 3.8) is 0 Å². The topological polar surface area (TPSA) is 101 Å². The maximum atomic E-state index is 12.6. The number of rotatable bonds is 6. The number of hydrogen-bond acceptors (Lipinski definition) is 6. The molecule has 8 heteroatoms. The number of likely N-dealkylation sites (N-methyl/N-ethyl adjacent to an activating group) is 1. The van der Waals surface area contributed by atoms with E-state index in [0.29, 0.717) is 24.1 Å². The highest BCUT2D eigenvalue weighted by molar-refractivity contribution is 5.94. The summed E-state index contributed by atoms with van der Waals surface area (Å²) in [6, 6.07) is 17.6. The number of aromatic amines is 1. The van der Waals surface area contributed by atoms with Crippen LogP contribution in [0.25, 0.3) is 22.2 Å². The zero-order valence-electron chi connectivity index (χ0n) is 19.7. The van der Waals surface area contributed by atoms with Gasteiger partial charge in [-0.3, -0.25) is 4.79 Å². The first-order chi connectivity index (χ1) is 17.1. The number of nitrogens with one attached hydrogen (secondary N) is 2. The number of aromatic nitrogens is 3. The number of benzene rings is 2. The monoisotopic (exact) mass is 465 g/mol. The molecule has 1 fully saturated rings. The molecule has 0 aliphatic carbocycles. The average Bonchev–Trinajstić information content (AvgIpc) is 3.31. The number of piperazine rings is 1. The Bertz CT molecular complexity index is 1380. The molecule has 0 radical (unpaired) electrons. The molecule has 1 saturated heterocycles. The molecule has 5 rings (SSSR count). The van der Waals surface area contributed by atoms with E-state index in [1.54, 1.807) is 12.4 Å². The predicted molar refractivity (Wildman–Crippen MR) is 136 cm³/mol. The first kappa shape index (κ1) is 22.6. The molecule has 1 amide bonds. The molecule has 1 aliphatic heterocycles. The molecule has 176 valence electrons. The summed E-state index contributed by atoms with van der Waals surface area (Å²) < 4.78 is 0. The van der Waals surface area contributed by atoms with Gasteiger partial charge >= 0.3 is 0 Å². The summed E-state index contributed by atoms with van der Waals surface area (Å²) in [5.41, 5.74) is 5.04. The number of carbonyl (C=O) groups is 1. The van der Waals surface area contributed by atoms with Crippen molar-refractivity contribution in [3.05, 3.63) is 77.6 Å². The van der Waals surface area contributed by atoms with E-state index in [1.165, 1.54) is 0 Å². The molecule has 0 unspecified atom stereocenters. The fourth-order valence-electron chi connectivity index (χ4n) is 4.30. The van der Waals surface area contributed by atoms with Gasteiger partial charge in [0.2, 0.25) is 5.95 Å². The quantitative estimate of drug-likeness (QED) is 0.454. The molecule has 0 bridgehead atoms. The van der Waals surface area contributed by atoms with Crippen molar-refractivity contribution < 1.29 is 4.79 Å². The van der Waals surface area contributed by atoms with Gasteiger partial charge in [-0.1, -0.05) is 18.2 Å². The summed E-state index contributed by atoms with van der Waals surface area (Å²) in [4.78, 5) is 29.5. The van der Waals surface area contributed by atoms with Crippen molar-refractivity contribution in [2.24, 2.45) is 0 Å². The molecular weight excluding hydrogens is 438 g/mol. The number of carbonyl (C=O) groups excluding carboxylic acids is 1. The first-order valence-corrected chi connectivity index (χ1v) is 11.8.